The third-order valence-electron chi connectivity index (χ3n) is 2.02. The fourth-order valence-corrected chi connectivity index (χ4v) is 1.15. The van der Waals surface area contributed by atoms with Gasteiger partial charge in [-0.25, -0.2) is 9.59 Å². The molecule has 2 unspecified atom stereocenters. The number of carboxylic acid groups (broad SMARTS) is 1. The van der Waals surface area contributed by atoms with Crippen LogP contribution in [-0.4, -0.2) is 29.2 Å². The maximum atomic E-state index is 11.4. The molecule has 0 aromatic carbocycles. The molecule has 0 aromatic heterocycles. The molecule has 0 aromatic rings. The second-order valence-electron chi connectivity index (χ2n) is 3.99. The number of amides is 2. The lowest BCUT2D eigenvalue weighted by molar-refractivity contribution is -0.140. The van der Waals surface area contributed by atoms with Crippen molar-refractivity contribution in [3.63, 3.8) is 0 Å². The highest BCUT2D eigenvalue weighted by Gasteiger charge is 2.23. The normalized spacial score (nSPS) is 13.7. The molecule has 3 N–H and O–H groups in total. The van der Waals surface area contributed by atoms with E-state index in [1.54, 1.807) is 20.8 Å². The lowest BCUT2D eigenvalue weighted by Crippen LogP contribution is -2.50. The Balaban J connectivity index is 4.22. The van der Waals surface area contributed by atoms with Gasteiger partial charge in [0.15, 0.2) is 0 Å². The zero-order chi connectivity index (χ0) is 12.7. The van der Waals surface area contributed by atoms with E-state index in [1.807, 2.05) is 0 Å². The molecule has 5 nitrogen and oxygen atoms in total. The quantitative estimate of drug-likeness (QED) is 0.607. The predicted molar refractivity (Wildman–Crippen MR) is 60.8 cm³/mol. The Morgan fingerprint density at radius 1 is 1.31 bits per heavy atom. The monoisotopic (exact) mass is 226 g/mol. The molecule has 0 fully saturated rings. The molecule has 0 aliphatic heterocycles. The Hall–Kier alpha value is -1.70. The van der Waals surface area contributed by atoms with Crippen molar-refractivity contribution in [1.82, 2.24) is 10.6 Å². The van der Waals surface area contributed by atoms with Gasteiger partial charge in [0.2, 0.25) is 0 Å². The summed E-state index contributed by atoms with van der Waals surface area (Å²) in [5, 5.41) is 13.8. The fourth-order valence-electron chi connectivity index (χ4n) is 1.15. The highest BCUT2D eigenvalue weighted by molar-refractivity contribution is 5.82. The van der Waals surface area contributed by atoms with Crippen molar-refractivity contribution < 1.29 is 14.7 Å². The van der Waals surface area contributed by atoms with Crippen LogP contribution in [0.4, 0.5) is 4.79 Å². The van der Waals surface area contributed by atoms with Gasteiger partial charge in [0.1, 0.15) is 6.04 Å². The van der Waals surface area contributed by atoms with E-state index in [-0.39, 0.29) is 12.0 Å². The lowest BCUT2D eigenvalue weighted by Gasteiger charge is -2.19. The second-order valence-corrected chi connectivity index (χ2v) is 3.99. The second kappa shape index (κ2) is 6.72. The van der Waals surface area contributed by atoms with Crippen LogP contribution in [0.1, 0.15) is 27.2 Å². The van der Waals surface area contributed by atoms with Gasteiger partial charge in [0, 0.05) is 12.5 Å². The van der Waals surface area contributed by atoms with Crippen LogP contribution >= 0.6 is 0 Å². The number of rotatable bonds is 5. The molecule has 2 amide bonds. The SMILES string of the molecule is C#CCC(C)NC(=O)NC(C(=O)O)C(C)C. The summed E-state index contributed by atoms with van der Waals surface area (Å²) in [7, 11) is 0. The summed E-state index contributed by atoms with van der Waals surface area (Å²) < 4.78 is 0. The van der Waals surface area contributed by atoms with Crippen LogP contribution in [0, 0.1) is 18.3 Å². The van der Waals surface area contributed by atoms with Gasteiger partial charge in [-0.3, -0.25) is 0 Å². The highest BCUT2D eigenvalue weighted by Crippen LogP contribution is 2.01. The number of carbonyl (C=O) groups is 2. The van der Waals surface area contributed by atoms with Crippen molar-refractivity contribution in [1.29, 1.82) is 0 Å². The Morgan fingerprint density at radius 2 is 1.88 bits per heavy atom. The fraction of sp³-hybridized carbons (Fsp3) is 0.636. The zero-order valence-corrected chi connectivity index (χ0v) is 9.78. The van der Waals surface area contributed by atoms with Crippen LogP contribution < -0.4 is 10.6 Å². The molecule has 2 atom stereocenters. The number of carbonyl (C=O) groups excluding carboxylic acids is 1. The standard InChI is InChI=1S/C11H18N2O3/c1-5-6-8(4)12-11(16)13-9(7(2)3)10(14)15/h1,7-9H,6H2,2-4H3,(H,14,15)(H2,12,13,16). The van der Waals surface area contributed by atoms with E-state index < -0.39 is 18.0 Å². The van der Waals surface area contributed by atoms with Crippen LogP contribution in [0.3, 0.4) is 0 Å². The van der Waals surface area contributed by atoms with E-state index in [0.717, 1.165) is 0 Å². The topological polar surface area (TPSA) is 78.4 Å². The Bertz CT molecular complexity index is 294. The molecule has 0 aliphatic carbocycles. The third-order valence-corrected chi connectivity index (χ3v) is 2.02. The molecule has 16 heavy (non-hydrogen) atoms. The van der Waals surface area contributed by atoms with Crippen molar-refractivity contribution >= 4 is 12.0 Å². The molecule has 5 heteroatoms. The third kappa shape index (κ3) is 5.25. The Kier molecular flexibility index (Phi) is 6.01. The van der Waals surface area contributed by atoms with Gasteiger partial charge in [-0.05, 0) is 12.8 Å². The van der Waals surface area contributed by atoms with Crippen molar-refractivity contribution in [3.05, 3.63) is 0 Å². The largest absolute Gasteiger partial charge is 0.480 e. The average molecular weight is 226 g/mol. The van der Waals surface area contributed by atoms with Gasteiger partial charge in [-0.1, -0.05) is 13.8 Å². The molecule has 0 saturated heterocycles. The van der Waals surface area contributed by atoms with E-state index in [4.69, 9.17) is 11.5 Å². The number of hydrogen-bond donors (Lipinski definition) is 3. The minimum atomic E-state index is -1.05. The van der Waals surface area contributed by atoms with Crippen LogP contribution in [0.25, 0.3) is 0 Å². The van der Waals surface area contributed by atoms with Crippen molar-refractivity contribution in [2.45, 2.75) is 39.3 Å². The molecule has 0 bridgehead atoms. The number of urea groups is 1. The van der Waals surface area contributed by atoms with Gasteiger partial charge in [-0.2, -0.15) is 0 Å². The lowest BCUT2D eigenvalue weighted by atomic mass is 10.1. The van der Waals surface area contributed by atoms with Crippen LogP contribution in [0.2, 0.25) is 0 Å². The first kappa shape index (κ1) is 14.3. The Morgan fingerprint density at radius 3 is 2.25 bits per heavy atom. The van der Waals surface area contributed by atoms with Gasteiger partial charge in [-0.15, -0.1) is 12.3 Å². The first-order valence-corrected chi connectivity index (χ1v) is 5.11. The summed E-state index contributed by atoms with van der Waals surface area (Å²) in [6.45, 7) is 5.21. The van der Waals surface area contributed by atoms with Crippen molar-refractivity contribution in [2.75, 3.05) is 0 Å². The predicted octanol–water partition coefficient (Wildman–Crippen LogP) is 0.807. The van der Waals surface area contributed by atoms with Gasteiger partial charge in [0.05, 0.1) is 0 Å². The van der Waals surface area contributed by atoms with Crippen molar-refractivity contribution in [3.8, 4) is 12.3 Å². The molecule has 0 aliphatic rings. The van der Waals surface area contributed by atoms with Crippen LogP contribution in [0.15, 0.2) is 0 Å². The number of aliphatic carboxylic acids is 1. The first-order chi connectivity index (χ1) is 7.38. The highest BCUT2D eigenvalue weighted by atomic mass is 16.4. The summed E-state index contributed by atoms with van der Waals surface area (Å²) in [4.78, 5) is 22.2. The van der Waals surface area contributed by atoms with Crippen LogP contribution in [-0.2, 0) is 4.79 Å². The van der Waals surface area contributed by atoms with Gasteiger partial charge < -0.3 is 15.7 Å². The molecule has 0 spiro atoms. The smallest absolute Gasteiger partial charge is 0.326 e. The molecule has 0 heterocycles. The summed E-state index contributed by atoms with van der Waals surface area (Å²) in [5.41, 5.74) is 0. The molecule has 0 rings (SSSR count). The van der Waals surface area contributed by atoms with Gasteiger partial charge >= 0.3 is 12.0 Å². The number of terminal acetylenes is 1. The summed E-state index contributed by atoms with van der Waals surface area (Å²) in [6.07, 6.45) is 5.50. The zero-order valence-electron chi connectivity index (χ0n) is 9.78. The van der Waals surface area contributed by atoms with E-state index in [0.29, 0.717) is 6.42 Å². The first-order valence-electron chi connectivity index (χ1n) is 5.11. The summed E-state index contributed by atoms with van der Waals surface area (Å²) in [6, 6.07) is -1.58. The van der Waals surface area contributed by atoms with E-state index in [1.165, 1.54) is 0 Å². The molecule has 0 radical (unpaired) electrons. The van der Waals surface area contributed by atoms with Gasteiger partial charge in [0.25, 0.3) is 0 Å². The average Bonchev–Trinajstić information content (AvgIpc) is 2.13. The molecular formula is C11H18N2O3. The summed E-state index contributed by atoms with van der Waals surface area (Å²) in [5.74, 6) is 1.19. The minimum absolute atomic E-state index is 0.174. The number of hydrogen-bond acceptors (Lipinski definition) is 2. The maximum Gasteiger partial charge on any atom is 0.326 e. The van der Waals surface area contributed by atoms with E-state index in [9.17, 15) is 9.59 Å². The number of carboxylic acids is 1. The maximum absolute atomic E-state index is 11.4. The van der Waals surface area contributed by atoms with E-state index >= 15 is 0 Å². The molecule has 90 valence electrons. The number of nitrogens with one attached hydrogen (secondary N) is 2. The minimum Gasteiger partial charge on any atom is -0.480 e. The Labute approximate surface area is 95.6 Å². The van der Waals surface area contributed by atoms with E-state index in [2.05, 4.69) is 16.6 Å². The van der Waals surface area contributed by atoms with Crippen molar-refractivity contribution in [2.24, 2.45) is 5.92 Å². The summed E-state index contributed by atoms with van der Waals surface area (Å²) >= 11 is 0. The molecular weight excluding hydrogens is 208 g/mol. The molecule has 0 saturated carbocycles. The van der Waals surface area contributed by atoms with Crippen LogP contribution in [0.5, 0.6) is 0 Å².